The number of piperidine rings is 1. The van der Waals surface area contributed by atoms with E-state index in [0.717, 1.165) is 19.4 Å². The van der Waals surface area contributed by atoms with Crippen LogP contribution in [0.5, 0.6) is 0 Å². The monoisotopic (exact) mass is 295 g/mol. The second-order valence-electron chi connectivity index (χ2n) is 6.94. The molecule has 2 heterocycles. The number of allylic oxidation sites excluding steroid dienone is 3. The maximum Gasteiger partial charge on any atom is 0.0443 e. The topological polar surface area (TPSA) is 23.5 Å². The molecule has 1 aromatic carbocycles. The lowest BCUT2D eigenvalue weighted by Gasteiger charge is -2.49. The van der Waals surface area contributed by atoms with Crippen LogP contribution >= 0.6 is 0 Å². The lowest BCUT2D eigenvalue weighted by molar-refractivity contribution is 0.0661. The van der Waals surface area contributed by atoms with E-state index < -0.39 is 0 Å². The van der Waals surface area contributed by atoms with E-state index in [2.05, 4.69) is 54.3 Å². The van der Waals surface area contributed by atoms with Gasteiger partial charge in [-0.15, -0.1) is 0 Å². The van der Waals surface area contributed by atoms with E-state index in [1.807, 2.05) is 0 Å². The van der Waals surface area contributed by atoms with Crippen LogP contribution in [0.25, 0.3) is 0 Å². The molecule has 2 nitrogen and oxygen atoms in total. The standard InChI is InChI=1S/C20H25NO/c1-14-20-16-8-3-2-7-15(16)13-19(21(14)11-6-12-22)17-9-4-5-10-18(17)20/h2-5,7-8,10,14,17,19-20,22H,6,9,11-13H2,1H3/t14-,17-,19+,20?/m0/s1. The second-order valence-corrected chi connectivity index (χ2v) is 6.94. The summed E-state index contributed by atoms with van der Waals surface area (Å²) in [5, 5.41) is 9.28. The predicted octanol–water partition coefficient (Wildman–Crippen LogP) is 3.28. The van der Waals surface area contributed by atoms with Gasteiger partial charge < -0.3 is 5.11 Å². The number of rotatable bonds is 3. The number of aliphatic hydroxyl groups is 1. The molecule has 1 aromatic rings. The Hall–Kier alpha value is -1.38. The lowest BCUT2D eigenvalue weighted by atomic mass is 9.71. The molecule has 0 spiro atoms. The van der Waals surface area contributed by atoms with Crippen molar-refractivity contribution in [3.05, 3.63) is 59.2 Å². The van der Waals surface area contributed by atoms with Gasteiger partial charge in [0.25, 0.3) is 0 Å². The molecule has 22 heavy (non-hydrogen) atoms. The number of nitrogens with zero attached hydrogens (tertiary/aromatic N) is 1. The Balaban J connectivity index is 1.82. The minimum atomic E-state index is 0.292. The molecule has 2 bridgehead atoms. The number of hydrogen-bond acceptors (Lipinski definition) is 2. The average Bonchev–Trinajstić information content (AvgIpc) is 2.77. The lowest BCUT2D eigenvalue weighted by Crippen LogP contribution is -2.53. The van der Waals surface area contributed by atoms with Crippen LogP contribution in [-0.2, 0) is 6.42 Å². The van der Waals surface area contributed by atoms with Crippen LogP contribution in [0.4, 0.5) is 0 Å². The van der Waals surface area contributed by atoms with Gasteiger partial charge in [-0.25, -0.2) is 0 Å². The van der Waals surface area contributed by atoms with Crippen LogP contribution < -0.4 is 0 Å². The molecule has 116 valence electrons. The number of aliphatic hydroxyl groups excluding tert-OH is 1. The molecule has 2 aliphatic heterocycles. The van der Waals surface area contributed by atoms with Crippen molar-refractivity contribution < 1.29 is 5.11 Å². The van der Waals surface area contributed by atoms with Crippen molar-refractivity contribution >= 4 is 0 Å². The summed E-state index contributed by atoms with van der Waals surface area (Å²) < 4.78 is 0. The zero-order valence-electron chi connectivity index (χ0n) is 13.3. The Morgan fingerprint density at radius 3 is 3.00 bits per heavy atom. The molecule has 0 amide bonds. The summed E-state index contributed by atoms with van der Waals surface area (Å²) in [5.74, 6) is 1.17. The summed E-state index contributed by atoms with van der Waals surface area (Å²) in [6.07, 6.45) is 10.2. The van der Waals surface area contributed by atoms with Crippen LogP contribution in [0.2, 0.25) is 0 Å². The van der Waals surface area contributed by atoms with Gasteiger partial charge in [0.1, 0.15) is 0 Å². The maximum absolute atomic E-state index is 9.28. The molecular formula is C20H25NO. The molecule has 1 unspecified atom stereocenters. The highest BCUT2D eigenvalue weighted by molar-refractivity contribution is 5.46. The second kappa shape index (κ2) is 5.68. The minimum Gasteiger partial charge on any atom is -0.396 e. The fourth-order valence-corrected chi connectivity index (χ4v) is 4.95. The van der Waals surface area contributed by atoms with Crippen molar-refractivity contribution in [3.63, 3.8) is 0 Å². The van der Waals surface area contributed by atoms with Gasteiger partial charge in [0.05, 0.1) is 0 Å². The van der Waals surface area contributed by atoms with E-state index in [9.17, 15) is 5.11 Å². The van der Waals surface area contributed by atoms with E-state index in [4.69, 9.17) is 0 Å². The van der Waals surface area contributed by atoms with Crippen molar-refractivity contribution in [3.8, 4) is 0 Å². The molecule has 0 saturated carbocycles. The molecule has 4 atom stereocenters. The first-order valence-electron chi connectivity index (χ1n) is 8.62. The number of hydrogen-bond donors (Lipinski definition) is 1. The van der Waals surface area contributed by atoms with Crippen molar-refractivity contribution in [1.29, 1.82) is 0 Å². The van der Waals surface area contributed by atoms with E-state index in [1.54, 1.807) is 5.57 Å². The minimum absolute atomic E-state index is 0.292. The molecular weight excluding hydrogens is 270 g/mol. The zero-order valence-corrected chi connectivity index (χ0v) is 13.3. The quantitative estimate of drug-likeness (QED) is 0.925. The molecule has 5 rings (SSSR count). The van der Waals surface area contributed by atoms with E-state index >= 15 is 0 Å². The van der Waals surface area contributed by atoms with E-state index in [0.29, 0.717) is 30.5 Å². The van der Waals surface area contributed by atoms with Gasteiger partial charge in [0, 0.05) is 37.1 Å². The summed E-state index contributed by atoms with van der Waals surface area (Å²) in [5.41, 5.74) is 4.71. The van der Waals surface area contributed by atoms with Crippen molar-refractivity contribution in [2.75, 3.05) is 13.2 Å². The van der Waals surface area contributed by atoms with Crippen molar-refractivity contribution in [2.24, 2.45) is 5.92 Å². The summed E-state index contributed by atoms with van der Waals surface area (Å²) in [6, 6.07) is 10.1. The molecule has 1 N–H and O–H groups in total. The Morgan fingerprint density at radius 2 is 2.14 bits per heavy atom. The van der Waals surface area contributed by atoms with Gasteiger partial charge in [0.15, 0.2) is 0 Å². The summed E-state index contributed by atoms with van der Waals surface area (Å²) in [4.78, 5) is 2.68. The number of benzene rings is 1. The Bertz CT molecular complexity index is 618. The first-order chi connectivity index (χ1) is 10.8. The Labute approximate surface area is 133 Å². The predicted molar refractivity (Wildman–Crippen MR) is 89.9 cm³/mol. The zero-order chi connectivity index (χ0) is 15.1. The summed E-state index contributed by atoms with van der Waals surface area (Å²) in [6.45, 7) is 3.69. The third kappa shape index (κ3) is 2.09. The van der Waals surface area contributed by atoms with Crippen LogP contribution in [0, 0.1) is 5.92 Å². The first-order valence-corrected chi connectivity index (χ1v) is 8.62. The molecule has 4 aliphatic rings. The van der Waals surface area contributed by atoms with Gasteiger partial charge >= 0.3 is 0 Å². The van der Waals surface area contributed by atoms with Gasteiger partial charge in [-0.2, -0.15) is 0 Å². The smallest absolute Gasteiger partial charge is 0.0443 e. The highest BCUT2D eigenvalue weighted by atomic mass is 16.3. The molecule has 2 aliphatic carbocycles. The summed E-state index contributed by atoms with van der Waals surface area (Å²) in [7, 11) is 0. The Morgan fingerprint density at radius 1 is 1.27 bits per heavy atom. The summed E-state index contributed by atoms with van der Waals surface area (Å²) >= 11 is 0. The molecule has 0 aromatic heterocycles. The third-order valence-electron chi connectivity index (χ3n) is 5.89. The van der Waals surface area contributed by atoms with Crippen molar-refractivity contribution in [1.82, 2.24) is 4.90 Å². The SMILES string of the molecule is C[C@H]1C2C3=CC=CC[C@@H]3[C@@H](Cc3ccccc32)N1CCCO. The maximum atomic E-state index is 9.28. The number of fused-ring (bicyclic) bond motifs is 1. The highest BCUT2D eigenvalue weighted by Gasteiger charge is 2.47. The van der Waals surface area contributed by atoms with E-state index in [-0.39, 0.29) is 0 Å². The fraction of sp³-hybridized carbons (Fsp3) is 0.500. The van der Waals surface area contributed by atoms with Crippen LogP contribution in [0.15, 0.2) is 48.1 Å². The largest absolute Gasteiger partial charge is 0.396 e. The normalized spacial score (nSPS) is 33.1. The molecule has 1 fully saturated rings. The van der Waals surface area contributed by atoms with Gasteiger partial charge in [-0.05, 0) is 37.3 Å². The molecule has 2 heteroatoms. The third-order valence-corrected chi connectivity index (χ3v) is 5.89. The first kappa shape index (κ1) is 14.2. The van der Waals surface area contributed by atoms with E-state index in [1.165, 1.54) is 17.5 Å². The van der Waals surface area contributed by atoms with Crippen LogP contribution in [0.1, 0.15) is 36.8 Å². The molecule has 0 radical (unpaired) electrons. The Kier molecular flexibility index (Phi) is 3.67. The fourth-order valence-electron chi connectivity index (χ4n) is 4.95. The van der Waals surface area contributed by atoms with Gasteiger partial charge in [-0.3, -0.25) is 4.90 Å². The van der Waals surface area contributed by atoms with Gasteiger partial charge in [-0.1, -0.05) is 48.1 Å². The highest BCUT2D eigenvalue weighted by Crippen LogP contribution is 2.50. The van der Waals surface area contributed by atoms with Gasteiger partial charge in [0.2, 0.25) is 0 Å². The average molecular weight is 295 g/mol. The van der Waals surface area contributed by atoms with Crippen LogP contribution in [0.3, 0.4) is 0 Å². The van der Waals surface area contributed by atoms with Crippen LogP contribution in [-0.4, -0.2) is 35.2 Å². The molecule has 1 saturated heterocycles. The van der Waals surface area contributed by atoms with Crippen molar-refractivity contribution in [2.45, 2.75) is 44.2 Å².